The number of nitrogens with zero attached hydrogens (tertiary/aromatic N) is 1. The van der Waals surface area contributed by atoms with E-state index in [1.54, 1.807) is 12.1 Å². The molecule has 0 amide bonds. The van der Waals surface area contributed by atoms with Crippen molar-refractivity contribution in [1.29, 1.82) is 0 Å². The molecule has 2 fully saturated rings. The lowest BCUT2D eigenvalue weighted by Crippen LogP contribution is -2.28. The lowest BCUT2D eigenvalue weighted by molar-refractivity contribution is 0.337. The largest absolute Gasteiger partial charge is 0.374 e. The number of hydrogen-bond acceptors (Lipinski definition) is 2. The van der Waals surface area contributed by atoms with Gasteiger partial charge < -0.3 is 10.6 Å². The second-order valence-corrected chi connectivity index (χ2v) is 6.67. The molecule has 0 saturated heterocycles. The van der Waals surface area contributed by atoms with Crippen molar-refractivity contribution in [2.45, 2.75) is 32.1 Å². The van der Waals surface area contributed by atoms with Gasteiger partial charge in [0.2, 0.25) is 0 Å². The molecule has 1 aromatic carbocycles. The number of rotatable bonds is 5. The summed E-state index contributed by atoms with van der Waals surface area (Å²) in [6, 6.07) is 5.33. The van der Waals surface area contributed by atoms with E-state index in [-0.39, 0.29) is 5.82 Å². The zero-order valence-electron chi connectivity index (χ0n) is 12.3. The number of anilines is 1. The van der Waals surface area contributed by atoms with Crippen LogP contribution in [0.15, 0.2) is 18.2 Å². The third-order valence-electron chi connectivity index (χ3n) is 5.21. The Labute approximate surface area is 121 Å². The summed E-state index contributed by atoms with van der Waals surface area (Å²) in [6.45, 7) is 1.63. The van der Waals surface area contributed by atoms with Gasteiger partial charge in [-0.2, -0.15) is 0 Å². The Bertz CT molecular complexity index is 474. The van der Waals surface area contributed by atoms with Gasteiger partial charge in [0.05, 0.1) is 0 Å². The highest BCUT2D eigenvalue weighted by molar-refractivity contribution is 5.48. The Balaban J connectivity index is 1.68. The first kappa shape index (κ1) is 13.9. The number of halogens is 1. The highest BCUT2D eigenvalue weighted by Crippen LogP contribution is 2.48. The van der Waals surface area contributed by atoms with Crippen LogP contribution in [-0.4, -0.2) is 20.1 Å². The van der Waals surface area contributed by atoms with Crippen molar-refractivity contribution >= 4 is 5.69 Å². The maximum Gasteiger partial charge on any atom is 0.125 e. The normalized spacial score (nSPS) is 28.1. The zero-order chi connectivity index (χ0) is 14.1. The molecule has 3 rings (SSSR count). The molecule has 0 radical (unpaired) electrons. The van der Waals surface area contributed by atoms with Crippen molar-refractivity contribution in [2.75, 3.05) is 25.0 Å². The predicted molar refractivity (Wildman–Crippen MR) is 81.4 cm³/mol. The van der Waals surface area contributed by atoms with Crippen LogP contribution in [0.5, 0.6) is 0 Å². The van der Waals surface area contributed by atoms with Crippen molar-refractivity contribution in [3.8, 4) is 0 Å². The number of fused-ring (bicyclic) bond motifs is 2. The van der Waals surface area contributed by atoms with Gasteiger partial charge in [-0.05, 0) is 73.7 Å². The number of benzene rings is 1. The predicted octanol–water partition coefficient (Wildman–Crippen LogP) is 3.20. The topological polar surface area (TPSA) is 29.3 Å². The van der Waals surface area contributed by atoms with Gasteiger partial charge in [0.15, 0.2) is 0 Å². The number of hydrogen-bond donors (Lipinski definition) is 1. The Morgan fingerprint density at radius 2 is 2.10 bits per heavy atom. The molecular weight excluding hydrogens is 251 g/mol. The average molecular weight is 276 g/mol. The monoisotopic (exact) mass is 276 g/mol. The molecule has 2 aliphatic rings. The first-order valence-electron chi connectivity index (χ1n) is 7.86. The summed E-state index contributed by atoms with van der Waals surface area (Å²) in [6.07, 6.45) is 6.39. The fourth-order valence-corrected chi connectivity index (χ4v) is 4.22. The van der Waals surface area contributed by atoms with E-state index in [0.29, 0.717) is 6.54 Å². The minimum absolute atomic E-state index is 0.147. The van der Waals surface area contributed by atoms with Gasteiger partial charge in [0.25, 0.3) is 0 Å². The van der Waals surface area contributed by atoms with Gasteiger partial charge in [0, 0.05) is 19.3 Å². The summed E-state index contributed by atoms with van der Waals surface area (Å²) < 4.78 is 13.7. The van der Waals surface area contributed by atoms with E-state index >= 15 is 0 Å². The Hall–Kier alpha value is -1.09. The van der Waals surface area contributed by atoms with Crippen LogP contribution < -0.4 is 10.6 Å². The molecule has 3 atom stereocenters. The summed E-state index contributed by atoms with van der Waals surface area (Å²) in [4.78, 5) is 2.23. The molecule has 20 heavy (non-hydrogen) atoms. The lowest BCUT2D eigenvalue weighted by Gasteiger charge is -2.29. The maximum atomic E-state index is 13.7. The molecule has 0 heterocycles. The second-order valence-electron chi connectivity index (χ2n) is 6.67. The van der Waals surface area contributed by atoms with Gasteiger partial charge in [-0.15, -0.1) is 0 Å². The summed E-state index contributed by atoms with van der Waals surface area (Å²) >= 11 is 0. The van der Waals surface area contributed by atoms with Crippen molar-refractivity contribution in [3.63, 3.8) is 0 Å². The van der Waals surface area contributed by atoms with Gasteiger partial charge >= 0.3 is 0 Å². The fourth-order valence-electron chi connectivity index (χ4n) is 4.22. The Morgan fingerprint density at radius 1 is 1.25 bits per heavy atom. The number of nitrogens with two attached hydrogens (primary N) is 1. The molecule has 0 aromatic heterocycles. The molecule has 3 heteroatoms. The second kappa shape index (κ2) is 5.72. The van der Waals surface area contributed by atoms with Crippen LogP contribution >= 0.6 is 0 Å². The van der Waals surface area contributed by atoms with Gasteiger partial charge in [-0.1, -0.05) is 6.42 Å². The van der Waals surface area contributed by atoms with Gasteiger partial charge in [-0.25, -0.2) is 4.39 Å². The molecule has 2 saturated carbocycles. The van der Waals surface area contributed by atoms with E-state index in [0.717, 1.165) is 42.0 Å². The molecule has 1 aromatic rings. The molecule has 3 unspecified atom stereocenters. The van der Waals surface area contributed by atoms with Crippen LogP contribution in [0.2, 0.25) is 0 Å². The van der Waals surface area contributed by atoms with E-state index in [4.69, 9.17) is 5.73 Å². The molecule has 110 valence electrons. The van der Waals surface area contributed by atoms with E-state index < -0.39 is 0 Å². The van der Waals surface area contributed by atoms with Crippen molar-refractivity contribution in [2.24, 2.45) is 23.5 Å². The van der Waals surface area contributed by atoms with Crippen LogP contribution in [0.4, 0.5) is 10.1 Å². The van der Waals surface area contributed by atoms with Crippen LogP contribution in [0.3, 0.4) is 0 Å². The molecule has 2 bridgehead atoms. The molecule has 0 spiro atoms. The summed E-state index contributed by atoms with van der Waals surface area (Å²) in [5.41, 5.74) is 7.57. The van der Waals surface area contributed by atoms with Crippen molar-refractivity contribution in [3.05, 3.63) is 29.6 Å². The zero-order valence-corrected chi connectivity index (χ0v) is 12.3. The Kier molecular flexibility index (Phi) is 3.97. The van der Waals surface area contributed by atoms with Crippen molar-refractivity contribution in [1.82, 2.24) is 0 Å². The molecule has 2 nitrogen and oxygen atoms in total. The highest BCUT2D eigenvalue weighted by Gasteiger charge is 2.39. The minimum atomic E-state index is -0.147. The quantitative estimate of drug-likeness (QED) is 0.895. The molecule has 0 aliphatic heterocycles. The fraction of sp³-hybridized carbons (Fsp3) is 0.647. The van der Waals surface area contributed by atoms with E-state index in [9.17, 15) is 4.39 Å². The summed E-state index contributed by atoms with van der Waals surface area (Å²) in [5.74, 6) is 2.55. The van der Waals surface area contributed by atoms with Crippen molar-refractivity contribution < 1.29 is 4.39 Å². The first-order valence-corrected chi connectivity index (χ1v) is 7.86. The van der Waals surface area contributed by atoms with E-state index in [2.05, 4.69) is 18.0 Å². The first-order chi connectivity index (χ1) is 9.65. The summed E-state index contributed by atoms with van der Waals surface area (Å²) in [7, 11) is 2.09. The molecular formula is C17H25FN2. The lowest BCUT2D eigenvalue weighted by atomic mass is 9.88. The molecule has 2 N–H and O–H groups in total. The minimum Gasteiger partial charge on any atom is -0.374 e. The van der Waals surface area contributed by atoms with E-state index in [1.807, 2.05) is 0 Å². The summed E-state index contributed by atoms with van der Waals surface area (Å²) in [5, 5.41) is 0. The van der Waals surface area contributed by atoms with Crippen LogP contribution in [0.25, 0.3) is 0 Å². The average Bonchev–Trinajstić information content (AvgIpc) is 3.00. The van der Waals surface area contributed by atoms with E-state index in [1.165, 1.54) is 25.7 Å². The van der Waals surface area contributed by atoms with Gasteiger partial charge in [0.1, 0.15) is 5.82 Å². The molecule has 2 aliphatic carbocycles. The maximum absolute atomic E-state index is 13.7. The van der Waals surface area contributed by atoms with Gasteiger partial charge in [-0.3, -0.25) is 0 Å². The Morgan fingerprint density at radius 3 is 2.75 bits per heavy atom. The SMILES string of the molecule is CN(CC1CC2CCC1C2)c1cc(F)cc(CCN)c1. The van der Waals surface area contributed by atoms with Crippen LogP contribution in [0, 0.1) is 23.6 Å². The third kappa shape index (κ3) is 2.83. The van der Waals surface area contributed by atoms with Crippen LogP contribution in [-0.2, 0) is 6.42 Å². The standard InChI is InChI=1S/C17H25FN2/c1-20(11-15-7-12-2-3-14(15)6-12)17-9-13(4-5-19)8-16(18)10-17/h8-10,12,14-15H,2-7,11,19H2,1H3. The third-order valence-corrected chi connectivity index (χ3v) is 5.21. The highest BCUT2D eigenvalue weighted by atomic mass is 19.1. The van der Waals surface area contributed by atoms with Crippen LogP contribution in [0.1, 0.15) is 31.2 Å². The smallest absolute Gasteiger partial charge is 0.125 e.